The first-order valence-corrected chi connectivity index (χ1v) is 9.15. The quantitative estimate of drug-likeness (QED) is 0.683. The first-order valence-electron chi connectivity index (χ1n) is 8.35. The number of nitrogens with zero attached hydrogens (tertiary/aromatic N) is 3. The molecule has 1 aromatic carbocycles. The van der Waals surface area contributed by atoms with Gasteiger partial charge in [0.15, 0.2) is 5.82 Å². The van der Waals surface area contributed by atoms with Crippen molar-refractivity contribution in [1.82, 2.24) is 15.2 Å². The third kappa shape index (κ3) is 4.77. The molecule has 126 valence electrons. The summed E-state index contributed by atoms with van der Waals surface area (Å²) in [5, 5.41) is 14.7. The molecule has 0 bridgehead atoms. The third-order valence-electron chi connectivity index (χ3n) is 4.13. The van der Waals surface area contributed by atoms with Crippen LogP contribution in [0.15, 0.2) is 40.5 Å². The number of rotatable bonds is 6. The Morgan fingerprint density at radius 1 is 1.25 bits per heavy atom. The molecule has 0 fully saturated rings. The number of allylic oxidation sites excluding steroid dienone is 1. The SMILES string of the molecule is Cc1cc(Br)ccc1Nc1nncc(NCCC2=CCCCC2)n1. The first kappa shape index (κ1) is 16.9. The Bertz CT molecular complexity index is 729. The number of halogens is 1. The number of hydrogen-bond acceptors (Lipinski definition) is 5. The van der Waals surface area contributed by atoms with Gasteiger partial charge in [0.2, 0.25) is 5.95 Å². The van der Waals surface area contributed by atoms with Crippen LogP contribution in [-0.4, -0.2) is 21.7 Å². The van der Waals surface area contributed by atoms with Crippen LogP contribution < -0.4 is 10.6 Å². The van der Waals surface area contributed by atoms with Crippen molar-refractivity contribution in [1.29, 1.82) is 0 Å². The van der Waals surface area contributed by atoms with Crippen molar-refractivity contribution in [2.24, 2.45) is 0 Å². The van der Waals surface area contributed by atoms with Crippen LogP contribution in [0.4, 0.5) is 17.5 Å². The van der Waals surface area contributed by atoms with E-state index in [9.17, 15) is 0 Å². The van der Waals surface area contributed by atoms with E-state index < -0.39 is 0 Å². The summed E-state index contributed by atoms with van der Waals surface area (Å²) >= 11 is 3.47. The molecule has 0 amide bonds. The Balaban J connectivity index is 1.58. The lowest BCUT2D eigenvalue weighted by Crippen LogP contribution is -2.08. The van der Waals surface area contributed by atoms with Crippen molar-refractivity contribution in [2.75, 3.05) is 17.2 Å². The maximum absolute atomic E-state index is 4.49. The van der Waals surface area contributed by atoms with Crippen LogP contribution in [-0.2, 0) is 0 Å². The molecular weight excluding hydrogens is 366 g/mol. The molecule has 0 radical (unpaired) electrons. The predicted molar refractivity (Wildman–Crippen MR) is 102 cm³/mol. The second-order valence-electron chi connectivity index (χ2n) is 6.03. The van der Waals surface area contributed by atoms with Gasteiger partial charge in [-0.05, 0) is 62.8 Å². The first-order chi connectivity index (χ1) is 11.7. The molecule has 2 aromatic rings. The highest BCUT2D eigenvalue weighted by Gasteiger charge is 2.06. The van der Waals surface area contributed by atoms with Crippen molar-refractivity contribution < 1.29 is 0 Å². The summed E-state index contributed by atoms with van der Waals surface area (Å²) < 4.78 is 1.05. The predicted octanol–water partition coefficient (Wildman–Crippen LogP) is 4.99. The topological polar surface area (TPSA) is 62.7 Å². The molecule has 1 aliphatic rings. The lowest BCUT2D eigenvalue weighted by atomic mass is 9.97. The fourth-order valence-corrected chi connectivity index (χ4v) is 3.29. The highest BCUT2D eigenvalue weighted by atomic mass is 79.9. The van der Waals surface area contributed by atoms with E-state index in [1.165, 1.54) is 25.7 Å². The van der Waals surface area contributed by atoms with Crippen LogP contribution in [0, 0.1) is 6.92 Å². The molecule has 1 heterocycles. The molecule has 0 saturated carbocycles. The van der Waals surface area contributed by atoms with E-state index in [4.69, 9.17) is 0 Å². The van der Waals surface area contributed by atoms with Gasteiger partial charge in [-0.15, -0.1) is 5.10 Å². The summed E-state index contributed by atoms with van der Waals surface area (Å²) in [6.07, 6.45) is 10.2. The van der Waals surface area contributed by atoms with E-state index in [0.29, 0.717) is 5.95 Å². The van der Waals surface area contributed by atoms with Crippen LogP contribution in [0.25, 0.3) is 0 Å². The Morgan fingerprint density at radius 3 is 2.96 bits per heavy atom. The van der Waals surface area contributed by atoms with Gasteiger partial charge >= 0.3 is 0 Å². The van der Waals surface area contributed by atoms with Gasteiger partial charge in [-0.3, -0.25) is 0 Å². The minimum Gasteiger partial charge on any atom is -0.368 e. The normalized spacial score (nSPS) is 14.2. The summed E-state index contributed by atoms with van der Waals surface area (Å²) in [7, 11) is 0. The summed E-state index contributed by atoms with van der Waals surface area (Å²) in [6.45, 7) is 2.92. The summed E-state index contributed by atoms with van der Waals surface area (Å²) in [6, 6.07) is 6.04. The molecular formula is C18H22BrN5. The van der Waals surface area contributed by atoms with Crippen LogP contribution >= 0.6 is 15.9 Å². The number of hydrogen-bond donors (Lipinski definition) is 2. The highest BCUT2D eigenvalue weighted by Crippen LogP contribution is 2.23. The number of aromatic nitrogens is 3. The monoisotopic (exact) mass is 387 g/mol. The summed E-state index contributed by atoms with van der Waals surface area (Å²) in [5.41, 5.74) is 3.65. The van der Waals surface area contributed by atoms with Gasteiger partial charge in [-0.1, -0.05) is 27.6 Å². The van der Waals surface area contributed by atoms with E-state index in [-0.39, 0.29) is 0 Å². The van der Waals surface area contributed by atoms with Crippen molar-refractivity contribution in [3.05, 3.63) is 46.1 Å². The van der Waals surface area contributed by atoms with Crippen LogP contribution in [0.3, 0.4) is 0 Å². The van der Waals surface area contributed by atoms with E-state index in [0.717, 1.165) is 34.5 Å². The standard InChI is InChI=1S/C18H22BrN5/c1-13-11-15(19)7-8-16(13)22-18-23-17(12-21-24-18)20-10-9-14-5-3-2-4-6-14/h5,7-8,11-12H,2-4,6,9-10H2,1H3,(H2,20,22,23,24). The molecule has 0 saturated heterocycles. The van der Waals surface area contributed by atoms with Crippen LogP contribution in [0.2, 0.25) is 0 Å². The zero-order chi connectivity index (χ0) is 16.8. The Kier molecular flexibility index (Phi) is 5.80. The maximum Gasteiger partial charge on any atom is 0.249 e. The zero-order valence-electron chi connectivity index (χ0n) is 13.8. The van der Waals surface area contributed by atoms with Gasteiger partial charge in [-0.25, -0.2) is 0 Å². The Hall–Kier alpha value is -1.95. The van der Waals surface area contributed by atoms with E-state index >= 15 is 0 Å². The summed E-state index contributed by atoms with van der Waals surface area (Å²) in [4.78, 5) is 4.49. The Morgan fingerprint density at radius 2 is 2.17 bits per heavy atom. The van der Waals surface area contributed by atoms with Gasteiger partial charge < -0.3 is 10.6 Å². The number of anilines is 3. The van der Waals surface area contributed by atoms with E-state index in [2.05, 4.69) is 53.9 Å². The number of benzene rings is 1. The van der Waals surface area contributed by atoms with Gasteiger partial charge in [-0.2, -0.15) is 10.1 Å². The lowest BCUT2D eigenvalue weighted by Gasteiger charge is -2.13. The van der Waals surface area contributed by atoms with Gasteiger partial charge in [0.05, 0.1) is 6.20 Å². The fourth-order valence-electron chi connectivity index (χ4n) is 2.81. The maximum atomic E-state index is 4.49. The molecule has 0 unspecified atom stereocenters. The zero-order valence-corrected chi connectivity index (χ0v) is 15.4. The minimum absolute atomic E-state index is 0.502. The average molecular weight is 388 g/mol. The molecule has 3 rings (SSSR count). The van der Waals surface area contributed by atoms with Crippen molar-refractivity contribution >= 4 is 33.4 Å². The Labute approximate surface area is 151 Å². The van der Waals surface area contributed by atoms with Crippen LogP contribution in [0.1, 0.15) is 37.7 Å². The van der Waals surface area contributed by atoms with Crippen molar-refractivity contribution in [3.63, 3.8) is 0 Å². The molecule has 0 spiro atoms. The molecule has 5 nitrogen and oxygen atoms in total. The van der Waals surface area contributed by atoms with Gasteiger partial charge in [0, 0.05) is 16.7 Å². The van der Waals surface area contributed by atoms with E-state index in [1.54, 1.807) is 11.8 Å². The summed E-state index contributed by atoms with van der Waals surface area (Å²) in [5.74, 6) is 1.25. The van der Waals surface area contributed by atoms with Crippen molar-refractivity contribution in [2.45, 2.75) is 39.0 Å². The molecule has 6 heteroatoms. The van der Waals surface area contributed by atoms with Gasteiger partial charge in [0.1, 0.15) is 0 Å². The third-order valence-corrected chi connectivity index (χ3v) is 4.62. The highest BCUT2D eigenvalue weighted by molar-refractivity contribution is 9.10. The second-order valence-corrected chi connectivity index (χ2v) is 6.95. The average Bonchev–Trinajstić information content (AvgIpc) is 2.59. The van der Waals surface area contributed by atoms with E-state index in [1.807, 2.05) is 19.1 Å². The molecule has 0 atom stereocenters. The smallest absolute Gasteiger partial charge is 0.249 e. The molecule has 2 N–H and O–H groups in total. The number of nitrogens with one attached hydrogen (secondary N) is 2. The van der Waals surface area contributed by atoms with Crippen molar-refractivity contribution in [3.8, 4) is 0 Å². The number of aryl methyl sites for hydroxylation is 1. The lowest BCUT2D eigenvalue weighted by molar-refractivity contribution is 0.679. The molecule has 0 aliphatic heterocycles. The fraction of sp³-hybridized carbons (Fsp3) is 0.389. The van der Waals surface area contributed by atoms with Gasteiger partial charge in [0.25, 0.3) is 0 Å². The minimum atomic E-state index is 0.502. The molecule has 1 aromatic heterocycles. The second kappa shape index (κ2) is 8.24. The van der Waals surface area contributed by atoms with Crippen LogP contribution in [0.5, 0.6) is 0 Å². The largest absolute Gasteiger partial charge is 0.368 e. The molecule has 1 aliphatic carbocycles. The molecule has 24 heavy (non-hydrogen) atoms.